The van der Waals surface area contributed by atoms with Crippen molar-refractivity contribution in [2.24, 2.45) is 0 Å². The van der Waals surface area contributed by atoms with E-state index in [0.29, 0.717) is 34.6 Å². The van der Waals surface area contributed by atoms with Crippen molar-refractivity contribution in [1.82, 2.24) is 0 Å². The Hall–Kier alpha value is -1.89. The van der Waals surface area contributed by atoms with Crippen LogP contribution in [0.15, 0.2) is 36.4 Å². The van der Waals surface area contributed by atoms with Crippen molar-refractivity contribution >= 4 is 23.2 Å². The van der Waals surface area contributed by atoms with Crippen molar-refractivity contribution in [2.45, 2.75) is 12.5 Å². The van der Waals surface area contributed by atoms with E-state index in [1.807, 2.05) is 18.2 Å². The molecule has 0 N–H and O–H groups in total. The molecule has 0 aromatic heterocycles. The van der Waals surface area contributed by atoms with Crippen LogP contribution in [0.5, 0.6) is 11.5 Å². The zero-order valence-corrected chi connectivity index (χ0v) is 12.9. The summed E-state index contributed by atoms with van der Waals surface area (Å²) in [5.41, 5.74) is 2.21. The molecule has 2 rings (SSSR count). The maximum Gasteiger partial charge on any atom is 0.142 e. The molecule has 0 aliphatic heterocycles. The number of para-hydroxylation sites is 1. The van der Waals surface area contributed by atoms with Crippen LogP contribution in [0.1, 0.15) is 16.7 Å². The molecule has 0 saturated heterocycles. The van der Waals surface area contributed by atoms with E-state index in [1.165, 1.54) is 7.11 Å². The Morgan fingerprint density at radius 1 is 1.24 bits per heavy atom. The van der Waals surface area contributed by atoms with E-state index >= 15 is 0 Å². The lowest BCUT2D eigenvalue weighted by atomic mass is 10.1. The lowest BCUT2D eigenvalue weighted by Crippen LogP contribution is -2.00. The van der Waals surface area contributed by atoms with Crippen LogP contribution in [0.2, 0.25) is 5.02 Å². The van der Waals surface area contributed by atoms with Crippen LogP contribution in [0.25, 0.3) is 0 Å². The summed E-state index contributed by atoms with van der Waals surface area (Å²) >= 11 is 12.0. The van der Waals surface area contributed by atoms with Gasteiger partial charge in [0.15, 0.2) is 0 Å². The number of benzene rings is 2. The fourth-order valence-electron chi connectivity index (χ4n) is 1.89. The number of alkyl halides is 1. The Kier molecular flexibility index (Phi) is 5.32. The lowest BCUT2D eigenvalue weighted by molar-refractivity contribution is 0.303. The van der Waals surface area contributed by atoms with Crippen LogP contribution >= 0.6 is 23.2 Å². The Morgan fingerprint density at radius 2 is 2.05 bits per heavy atom. The lowest BCUT2D eigenvalue weighted by Gasteiger charge is -2.12. The van der Waals surface area contributed by atoms with Gasteiger partial charge in [-0.2, -0.15) is 5.26 Å². The van der Waals surface area contributed by atoms with Gasteiger partial charge in [0.1, 0.15) is 24.2 Å². The van der Waals surface area contributed by atoms with Crippen LogP contribution in [-0.4, -0.2) is 7.11 Å². The number of nitriles is 1. The number of nitrogens with zero attached hydrogens (tertiary/aromatic N) is 1. The first-order chi connectivity index (χ1) is 10.2. The molecule has 0 aliphatic carbocycles. The van der Waals surface area contributed by atoms with E-state index in [4.69, 9.17) is 37.9 Å². The Bertz CT molecular complexity index is 680. The molecule has 2 aromatic rings. The predicted octanol–water partition coefficient (Wildman–Crippen LogP) is 4.54. The van der Waals surface area contributed by atoms with E-state index in [2.05, 4.69) is 6.07 Å². The van der Waals surface area contributed by atoms with Crippen LogP contribution in [0.3, 0.4) is 0 Å². The second-order valence-electron chi connectivity index (χ2n) is 4.30. The zero-order valence-electron chi connectivity index (χ0n) is 11.4. The molecule has 0 unspecified atom stereocenters. The third-order valence-electron chi connectivity index (χ3n) is 2.96. The Labute approximate surface area is 133 Å². The minimum Gasteiger partial charge on any atom is -0.495 e. The molecule has 21 heavy (non-hydrogen) atoms. The monoisotopic (exact) mass is 321 g/mol. The number of rotatable bonds is 5. The summed E-state index contributed by atoms with van der Waals surface area (Å²) in [4.78, 5) is 0. The number of halogens is 2. The van der Waals surface area contributed by atoms with Gasteiger partial charge in [-0.25, -0.2) is 0 Å². The molecule has 5 heteroatoms. The smallest absolute Gasteiger partial charge is 0.142 e. The minimum atomic E-state index is 0.315. The molecule has 0 fully saturated rings. The van der Waals surface area contributed by atoms with Gasteiger partial charge in [-0.3, -0.25) is 0 Å². The van der Waals surface area contributed by atoms with Crippen molar-refractivity contribution in [3.8, 4) is 17.6 Å². The van der Waals surface area contributed by atoms with E-state index in [0.717, 1.165) is 11.1 Å². The SMILES string of the molecule is COc1cc(COc2c(Cl)cccc2CCl)ccc1C#N. The Morgan fingerprint density at radius 3 is 2.71 bits per heavy atom. The number of ether oxygens (including phenoxy) is 2. The van der Waals surface area contributed by atoms with E-state index in [9.17, 15) is 0 Å². The van der Waals surface area contributed by atoms with E-state index in [1.54, 1.807) is 18.2 Å². The third-order valence-corrected chi connectivity index (χ3v) is 3.55. The van der Waals surface area contributed by atoms with Gasteiger partial charge in [0.25, 0.3) is 0 Å². The molecule has 0 saturated carbocycles. The first kappa shape index (κ1) is 15.5. The normalized spacial score (nSPS) is 10.0. The molecule has 0 spiro atoms. The van der Waals surface area contributed by atoms with Crippen LogP contribution in [-0.2, 0) is 12.5 Å². The summed E-state index contributed by atoms with van der Waals surface area (Å²) in [5.74, 6) is 1.43. The molecule has 0 radical (unpaired) electrons. The molecule has 0 bridgehead atoms. The molecule has 0 heterocycles. The van der Waals surface area contributed by atoms with Gasteiger partial charge >= 0.3 is 0 Å². The fraction of sp³-hybridized carbons (Fsp3) is 0.188. The summed E-state index contributed by atoms with van der Waals surface area (Å²) in [6.07, 6.45) is 0. The summed E-state index contributed by atoms with van der Waals surface area (Å²) in [6.45, 7) is 0.315. The maximum atomic E-state index is 8.96. The summed E-state index contributed by atoms with van der Waals surface area (Å²) in [7, 11) is 1.53. The van der Waals surface area contributed by atoms with Crippen LogP contribution < -0.4 is 9.47 Å². The highest BCUT2D eigenvalue weighted by atomic mass is 35.5. The largest absolute Gasteiger partial charge is 0.495 e. The third kappa shape index (κ3) is 3.60. The van der Waals surface area contributed by atoms with Crippen molar-refractivity contribution < 1.29 is 9.47 Å². The minimum absolute atomic E-state index is 0.315. The van der Waals surface area contributed by atoms with E-state index in [-0.39, 0.29) is 0 Å². The number of hydrogen-bond donors (Lipinski definition) is 0. The summed E-state index contributed by atoms with van der Waals surface area (Å²) in [5, 5.41) is 9.48. The molecule has 0 aliphatic rings. The van der Waals surface area contributed by atoms with Gasteiger partial charge in [0.2, 0.25) is 0 Å². The van der Waals surface area contributed by atoms with Crippen molar-refractivity contribution in [2.75, 3.05) is 7.11 Å². The van der Waals surface area contributed by atoms with Crippen molar-refractivity contribution in [1.29, 1.82) is 5.26 Å². The van der Waals surface area contributed by atoms with Crippen molar-refractivity contribution in [3.63, 3.8) is 0 Å². The van der Waals surface area contributed by atoms with Crippen LogP contribution in [0, 0.1) is 11.3 Å². The highest BCUT2D eigenvalue weighted by Gasteiger charge is 2.09. The maximum absolute atomic E-state index is 8.96. The first-order valence-electron chi connectivity index (χ1n) is 6.22. The molecule has 108 valence electrons. The van der Waals surface area contributed by atoms with Gasteiger partial charge in [-0.1, -0.05) is 29.8 Å². The van der Waals surface area contributed by atoms with Gasteiger partial charge in [-0.05, 0) is 23.8 Å². The Balaban J connectivity index is 2.19. The quantitative estimate of drug-likeness (QED) is 0.759. The number of hydrogen-bond acceptors (Lipinski definition) is 3. The summed E-state index contributed by atoms with van der Waals surface area (Å²) < 4.78 is 10.9. The van der Waals surface area contributed by atoms with E-state index < -0.39 is 0 Å². The fourth-order valence-corrected chi connectivity index (χ4v) is 2.35. The van der Waals surface area contributed by atoms with Crippen LogP contribution in [0.4, 0.5) is 0 Å². The number of methoxy groups -OCH3 is 1. The first-order valence-corrected chi connectivity index (χ1v) is 7.14. The molecule has 3 nitrogen and oxygen atoms in total. The highest BCUT2D eigenvalue weighted by Crippen LogP contribution is 2.31. The van der Waals surface area contributed by atoms with Gasteiger partial charge in [0, 0.05) is 5.56 Å². The predicted molar refractivity (Wildman–Crippen MR) is 83.1 cm³/mol. The molecule has 0 amide bonds. The standard InChI is InChI=1S/C16H13Cl2NO2/c1-20-15-7-11(5-6-13(15)9-19)10-21-16-12(8-17)3-2-4-14(16)18/h2-7H,8,10H2,1H3. The zero-order chi connectivity index (χ0) is 15.2. The second kappa shape index (κ2) is 7.21. The summed E-state index contributed by atoms with van der Waals surface area (Å²) in [6, 6.07) is 12.8. The molecular formula is C16H13Cl2NO2. The van der Waals surface area contributed by atoms with Gasteiger partial charge < -0.3 is 9.47 Å². The molecular weight excluding hydrogens is 309 g/mol. The second-order valence-corrected chi connectivity index (χ2v) is 4.97. The van der Waals surface area contributed by atoms with Crippen molar-refractivity contribution in [3.05, 3.63) is 58.1 Å². The molecule has 0 atom stereocenters. The molecule has 2 aromatic carbocycles. The highest BCUT2D eigenvalue weighted by molar-refractivity contribution is 6.32. The topological polar surface area (TPSA) is 42.2 Å². The van der Waals surface area contributed by atoms with Gasteiger partial charge in [0.05, 0.1) is 23.6 Å². The van der Waals surface area contributed by atoms with Gasteiger partial charge in [-0.15, -0.1) is 11.6 Å². The average Bonchev–Trinajstić information content (AvgIpc) is 2.53. The average molecular weight is 322 g/mol.